The molecule has 164 valence electrons. The first kappa shape index (κ1) is 22.1. The van der Waals surface area contributed by atoms with Crippen molar-refractivity contribution in [2.24, 2.45) is 4.99 Å². The Bertz CT molecular complexity index is 769. The van der Waals surface area contributed by atoms with Crippen LogP contribution >= 0.6 is 0 Å². The number of guanidine groups is 1. The van der Waals surface area contributed by atoms with Gasteiger partial charge in [-0.1, -0.05) is 0 Å². The summed E-state index contributed by atoms with van der Waals surface area (Å²) in [7, 11) is 1.66. The molecule has 1 aromatic heterocycles. The topological polar surface area (TPSA) is 81.9 Å². The van der Waals surface area contributed by atoms with Gasteiger partial charge in [-0.3, -0.25) is 0 Å². The van der Waals surface area contributed by atoms with E-state index in [1.165, 1.54) is 0 Å². The summed E-state index contributed by atoms with van der Waals surface area (Å²) in [5.41, 5.74) is 1.89. The fraction of sp³-hybridized carbons (Fsp3) is 0.545. The fourth-order valence-electron chi connectivity index (χ4n) is 3.20. The van der Waals surface area contributed by atoms with E-state index in [4.69, 9.17) is 14.2 Å². The molecule has 3 rings (SSSR count). The third kappa shape index (κ3) is 7.03. The Balaban J connectivity index is 1.41. The first-order valence-corrected chi connectivity index (χ1v) is 10.7. The van der Waals surface area contributed by atoms with E-state index in [1.807, 2.05) is 41.2 Å². The first-order chi connectivity index (χ1) is 14.8. The lowest BCUT2D eigenvalue weighted by Gasteiger charge is -2.12. The van der Waals surface area contributed by atoms with Gasteiger partial charge in [0.2, 0.25) is 0 Å². The van der Waals surface area contributed by atoms with Gasteiger partial charge in [0.25, 0.3) is 0 Å². The molecule has 1 fully saturated rings. The summed E-state index contributed by atoms with van der Waals surface area (Å²) >= 11 is 0. The molecule has 8 heteroatoms. The Hall–Kier alpha value is -2.58. The van der Waals surface area contributed by atoms with Crippen LogP contribution in [0.3, 0.4) is 0 Å². The summed E-state index contributed by atoms with van der Waals surface area (Å²) in [5, 5.41) is 11.2. The molecule has 2 heterocycles. The molecule has 8 nitrogen and oxygen atoms in total. The number of hydrogen-bond donors (Lipinski definition) is 2. The Kier molecular flexibility index (Phi) is 8.99. The van der Waals surface area contributed by atoms with E-state index in [0.717, 1.165) is 68.7 Å². The van der Waals surface area contributed by atoms with Gasteiger partial charge >= 0.3 is 0 Å². The van der Waals surface area contributed by atoms with Crippen molar-refractivity contribution in [3.8, 4) is 11.4 Å². The number of nitrogens with zero attached hydrogens (tertiary/aromatic N) is 3. The third-order valence-electron chi connectivity index (χ3n) is 4.81. The van der Waals surface area contributed by atoms with Crippen molar-refractivity contribution in [1.29, 1.82) is 0 Å². The van der Waals surface area contributed by atoms with Gasteiger partial charge in [-0.15, -0.1) is 0 Å². The van der Waals surface area contributed by atoms with Crippen molar-refractivity contribution in [2.45, 2.75) is 38.8 Å². The number of rotatable bonds is 11. The van der Waals surface area contributed by atoms with Crippen molar-refractivity contribution in [1.82, 2.24) is 20.4 Å². The van der Waals surface area contributed by atoms with Gasteiger partial charge < -0.3 is 24.8 Å². The van der Waals surface area contributed by atoms with Crippen molar-refractivity contribution >= 4 is 5.96 Å². The lowest BCUT2D eigenvalue weighted by Crippen LogP contribution is -2.38. The van der Waals surface area contributed by atoms with Crippen LogP contribution in [-0.4, -0.2) is 61.9 Å². The average Bonchev–Trinajstić information content (AvgIpc) is 3.46. The largest absolute Gasteiger partial charge is 0.497 e. The highest BCUT2D eigenvalue weighted by atomic mass is 16.5. The molecule has 1 unspecified atom stereocenters. The molecule has 1 aliphatic heterocycles. The maximum Gasteiger partial charge on any atom is 0.191 e. The Morgan fingerprint density at radius 2 is 2.13 bits per heavy atom. The minimum absolute atomic E-state index is 0.287. The van der Waals surface area contributed by atoms with Gasteiger partial charge in [0.05, 0.1) is 37.7 Å². The maximum absolute atomic E-state index is 5.70. The van der Waals surface area contributed by atoms with E-state index in [-0.39, 0.29) is 6.10 Å². The molecular weight excluding hydrogens is 382 g/mol. The normalized spacial score (nSPS) is 16.6. The standard InChI is InChI=1S/C22H33N5O3/c1-3-23-22(24-12-5-14-29-17-21-6-4-15-30-21)25-16-18-11-13-27(26-18)19-7-9-20(28-2)10-8-19/h7-11,13,21H,3-6,12,14-17H2,1-2H3,(H2,23,24,25). The van der Waals surface area contributed by atoms with Crippen LogP contribution in [-0.2, 0) is 16.0 Å². The lowest BCUT2D eigenvalue weighted by molar-refractivity contribution is 0.0168. The molecule has 2 aromatic rings. The molecule has 0 aliphatic carbocycles. The second-order valence-electron chi connectivity index (χ2n) is 7.14. The maximum atomic E-state index is 5.70. The number of nitrogens with one attached hydrogen (secondary N) is 2. The van der Waals surface area contributed by atoms with Crippen LogP contribution in [0.2, 0.25) is 0 Å². The predicted octanol–water partition coefficient (Wildman–Crippen LogP) is 2.52. The number of ether oxygens (including phenoxy) is 3. The molecule has 2 N–H and O–H groups in total. The number of aromatic nitrogens is 2. The molecule has 1 aliphatic rings. The highest BCUT2D eigenvalue weighted by Gasteiger charge is 2.14. The van der Waals surface area contributed by atoms with Gasteiger partial charge in [0.1, 0.15) is 5.75 Å². The van der Waals surface area contributed by atoms with Gasteiger partial charge in [0.15, 0.2) is 5.96 Å². The summed E-state index contributed by atoms with van der Waals surface area (Å²) < 4.78 is 18.3. The van der Waals surface area contributed by atoms with Gasteiger partial charge in [-0.2, -0.15) is 5.10 Å². The zero-order chi connectivity index (χ0) is 21.0. The van der Waals surface area contributed by atoms with Crippen LogP contribution in [0.25, 0.3) is 5.69 Å². The molecule has 0 bridgehead atoms. The number of aliphatic imine (C=N–C) groups is 1. The van der Waals surface area contributed by atoms with Crippen LogP contribution < -0.4 is 15.4 Å². The van der Waals surface area contributed by atoms with Crippen molar-refractivity contribution < 1.29 is 14.2 Å². The van der Waals surface area contributed by atoms with Crippen molar-refractivity contribution in [3.05, 3.63) is 42.2 Å². The van der Waals surface area contributed by atoms with E-state index >= 15 is 0 Å². The lowest BCUT2D eigenvalue weighted by atomic mass is 10.2. The fourth-order valence-corrected chi connectivity index (χ4v) is 3.20. The number of hydrogen-bond acceptors (Lipinski definition) is 5. The molecule has 1 saturated heterocycles. The second kappa shape index (κ2) is 12.2. The van der Waals surface area contributed by atoms with Gasteiger partial charge in [0, 0.05) is 32.5 Å². The van der Waals surface area contributed by atoms with E-state index in [9.17, 15) is 0 Å². The molecular formula is C22H33N5O3. The van der Waals surface area contributed by atoms with Crippen LogP contribution in [0.1, 0.15) is 31.9 Å². The molecule has 0 spiro atoms. The van der Waals surface area contributed by atoms with Crippen LogP contribution in [0.15, 0.2) is 41.5 Å². The number of benzene rings is 1. The third-order valence-corrected chi connectivity index (χ3v) is 4.81. The summed E-state index contributed by atoms with van der Waals surface area (Å²) in [6, 6.07) is 9.78. The van der Waals surface area contributed by atoms with Crippen LogP contribution in [0, 0.1) is 0 Å². The zero-order valence-corrected chi connectivity index (χ0v) is 18.0. The SMILES string of the molecule is CCNC(=NCc1ccn(-c2ccc(OC)cc2)n1)NCCCOCC1CCCO1. The first-order valence-electron chi connectivity index (χ1n) is 10.7. The minimum Gasteiger partial charge on any atom is -0.497 e. The summed E-state index contributed by atoms with van der Waals surface area (Å²) in [6.45, 7) is 6.47. The molecule has 1 aromatic carbocycles. The Labute approximate surface area is 178 Å². The summed E-state index contributed by atoms with van der Waals surface area (Å²) in [5.74, 6) is 1.62. The van der Waals surface area contributed by atoms with Crippen LogP contribution in [0.4, 0.5) is 0 Å². The molecule has 0 saturated carbocycles. The van der Waals surface area contributed by atoms with E-state index < -0.39 is 0 Å². The molecule has 0 amide bonds. The Morgan fingerprint density at radius 3 is 2.87 bits per heavy atom. The second-order valence-corrected chi connectivity index (χ2v) is 7.14. The highest BCUT2D eigenvalue weighted by molar-refractivity contribution is 5.79. The van der Waals surface area contributed by atoms with E-state index in [0.29, 0.717) is 13.2 Å². The quantitative estimate of drug-likeness (QED) is 0.333. The number of methoxy groups -OCH3 is 1. The smallest absolute Gasteiger partial charge is 0.191 e. The highest BCUT2D eigenvalue weighted by Crippen LogP contribution is 2.15. The zero-order valence-electron chi connectivity index (χ0n) is 18.0. The van der Waals surface area contributed by atoms with Crippen LogP contribution in [0.5, 0.6) is 5.75 Å². The van der Waals surface area contributed by atoms with Gasteiger partial charge in [-0.25, -0.2) is 9.67 Å². The van der Waals surface area contributed by atoms with E-state index in [1.54, 1.807) is 7.11 Å². The molecule has 1 atom stereocenters. The minimum atomic E-state index is 0.287. The monoisotopic (exact) mass is 415 g/mol. The molecule has 0 radical (unpaired) electrons. The summed E-state index contributed by atoms with van der Waals surface area (Å²) in [6.07, 6.45) is 5.41. The van der Waals surface area contributed by atoms with Crippen molar-refractivity contribution in [3.63, 3.8) is 0 Å². The van der Waals surface area contributed by atoms with Crippen molar-refractivity contribution in [2.75, 3.05) is 40.0 Å². The average molecular weight is 416 g/mol. The summed E-state index contributed by atoms with van der Waals surface area (Å²) in [4.78, 5) is 4.64. The van der Waals surface area contributed by atoms with Gasteiger partial charge in [-0.05, 0) is 56.5 Å². The predicted molar refractivity (Wildman–Crippen MR) is 117 cm³/mol. The molecule has 30 heavy (non-hydrogen) atoms. The Morgan fingerprint density at radius 1 is 1.27 bits per heavy atom. The van der Waals surface area contributed by atoms with E-state index in [2.05, 4.69) is 27.6 Å².